The highest BCUT2D eigenvalue weighted by Gasteiger charge is 2.11. The molecule has 0 spiro atoms. The van der Waals surface area contributed by atoms with Crippen molar-refractivity contribution in [1.29, 1.82) is 0 Å². The second kappa shape index (κ2) is 7.27. The van der Waals surface area contributed by atoms with Crippen LogP contribution in [0, 0.1) is 6.92 Å². The molecule has 0 aliphatic rings. The fourth-order valence-electron chi connectivity index (χ4n) is 1.95. The van der Waals surface area contributed by atoms with Crippen molar-refractivity contribution in [2.24, 2.45) is 0 Å². The number of carbonyl (C=O) groups excluding carboxylic acids is 1. The van der Waals surface area contributed by atoms with E-state index in [4.69, 9.17) is 4.74 Å². The Hall–Kier alpha value is -1.81. The Morgan fingerprint density at radius 3 is 2.67 bits per heavy atom. The zero-order chi connectivity index (χ0) is 15.2. The molecule has 0 unspecified atom stereocenters. The van der Waals surface area contributed by atoms with Gasteiger partial charge in [-0.1, -0.05) is 34.1 Å². The van der Waals surface area contributed by atoms with Crippen molar-refractivity contribution in [3.05, 3.63) is 64.1 Å². The molecular formula is C17H18BrNO2. The summed E-state index contributed by atoms with van der Waals surface area (Å²) in [5, 5.41) is 0. The molecular weight excluding hydrogens is 330 g/mol. The Bertz CT molecular complexity index is 628. The first kappa shape index (κ1) is 15.6. The highest BCUT2D eigenvalue weighted by atomic mass is 79.9. The summed E-state index contributed by atoms with van der Waals surface area (Å²) in [7, 11) is 1.78. The van der Waals surface area contributed by atoms with Gasteiger partial charge in [-0.3, -0.25) is 4.79 Å². The number of nitrogens with zero attached hydrogens (tertiary/aromatic N) is 1. The predicted molar refractivity (Wildman–Crippen MR) is 87.8 cm³/mol. The molecule has 2 aromatic carbocycles. The van der Waals surface area contributed by atoms with Gasteiger partial charge in [0.1, 0.15) is 12.4 Å². The number of hydrogen-bond donors (Lipinski definition) is 0. The molecule has 0 saturated carbocycles. The molecule has 0 atom stereocenters. The van der Waals surface area contributed by atoms with Gasteiger partial charge in [0.05, 0.1) is 6.54 Å². The molecule has 110 valence electrons. The molecule has 3 nitrogen and oxygen atoms in total. The lowest BCUT2D eigenvalue weighted by Gasteiger charge is -2.17. The summed E-state index contributed by atoms with van der Waals surface area (Å²) >= 11 is 3.37. The zero-order valence-corrected chi connectivity index (χ0v) is 13.8. The van der Waals surface area contributed by atoms with Crippen molar-refractivity contribution >= 4 is 21.8 Å². The summed E-state index contributed by atoms with van der Waals surface area (Å²) in [6.45, 7) is 3.04. The van der Waals surface area contributed by atoms with Crippen molar-refractivity contribution in [2.75, 3.05) is 20.2 Å². The number of carbonyl (C=O) groups is 1. The van der Waals surface area contributed by atoms with Crippen molar-refractivity contribution < 1.29 is 9.53 Å². The molecule has 0 saturated heterocycles. The largest absolute Gasteiger partial charge is 0.492 e. The van der Waals surface area contributed by atoms with E-state index in [1.807, 2.05) is 55.5 Å². The van der Waals surface area contributed by atoms with E-state index >= 15 is 0 Å². The van der Waals surface area contributed by atoms with Gasteiger partial charge in [0.25, 0.3) is 5.91 Å². The van der Waals surface area contributed by atoms with Gasteiger partial charge in [-0.2, -0.15) is 0 Å². The monoisotopic (exact) mass is 347 g/mol. The molecule has 21 heavy (non-hydrogen) atoms. The third kappa shape index (κ3) is 4.60. The van der Waals surface area contributed by atoms with Crippen LogP contribution in [-0.2, 0) is 0 Å². The maximum atomic E-state index is 12.2. The summed E-state index contributed by atoms with van der Waals surface area (Å²) < 4.78 is 6.56. The van der Waals surface area contributed by atoms with Gasteiger partial charge in [0.15, 0.2) is 0 Å². The average Bonchev–Trinajstić information content (AvgIpc) is 2.46. The molecule has 2 aromatic rings. The number of likely N-dealkylation sites (N-methyl/N-ethyl adjacent to an activating group) is 1. The Balaban J connectivity index is 1.87. The molecule has 4 heteroatoms. The van der Waals surface area contributed by atoms with E-state index < -0.39 is 0 Å². The van der Waals surface area contributed by atoms with E-state index in [2.05, 4.69) is 15.9 Å². The Morgan fingerprint density at radius 1 is 1.19 bits per heavy atom. The quantitative estimate of drug-likeness (QED) is 0.820. The zero-order valence-electron chi connectivity index (χ0n) is 12.2. The first-order valence-corrected chi connectivity index (χ1v) is 7.56. The highest BCUT2D eigenvalue weighted by Crippen LogP contribution is 2.14. The van der Waals surface area contributed by atoms with Crippen LogP contribution in [0.4, 0.5) is 0 Å². The van der Waals surface area contributed by atoms with E-state index in [-0.39, 0.29) is 5.91 Å². The molecule has 0 bridgehead atoms. The number of benzene rings is 2. The molecule has 0 fully saturated rings. The molecule has 2 rings (SSSR count). The molecule has 0 N–H and O–H groups in total. The molecule has 1 amide bonds. The molecule has 0 radical (unpaired) electrons. The maximum absolute atomic E-state index is 12.2. The fraction of sp³-hybridized carbons (Fsp3) is 0.235. The lowest BCUT2D eigenvalue weighted by Crippen LogP contribution is -2.30. The minimum absolute atomic E-state index is 0.0101. The van der Waals surface area contributed by atoms with Crippen LogP contribution in [0.25, 0.3) is 0 Å². The van der Waals surface area contributed by atoms with E-state index in [1.54, 1.807) is 11.9 Å². The Kier molecular flexibility index (Phi) is 5.39. The van der Waals surface area contributed by atoms with Crippen LogP contribution in [-0.4, -0.2) is 31.0 Å². The first-order chi connectivity index (χ1) is 10.1. The van der Waals surface area contributed by atoms with Crippen molar-refractivity contribution in [3.8, 4) is 5.75 Å². The number of hydrogen-bond acceptors (Lipinski definition) is 2. The molecule has 0 aliphatic heterocycles. The van der Waals surface area contributed by atoms with Crippen LogP contribution in [0.3, 0.4) is 0 Å². The average molecular weight is 348 g/mol. The van der Waals surface area contributed by atoms with Gasteiger partial charge in [-0.15, -0.1) is 0 Å². The minimum atomic E-state index is -0.0101. The Morgan fingerprint density at radius 2 is 1.95 bits per heavy atom. The van der Waals surface area contributed by atoms with Crippen LogP contribution in [0.1, 0.15) is 15.9 Å². The van der Waals surface area contributed by atoms with Crippen molar-refractivity contribution in [3.63, 3.8) is 0 Å². The standard InChI is InChI=1S/C17H18BrNO2/c1-13-5-3-8-16(11-13)21-10-9-19(2)17(20)14-6-4-7-15(18)12-14/h3-8,11-12H,9-10H2,1-2H3. The van der Waals surface area contributed by atoms with Gasteiger partial charge in [0, 0.05) is 17.1 Å². The molecule has 0 heterocycles. The normalized spacial score (nSPS) is 10.2. The lowest BCUT2D eigenvalue weighted by molar-refractivity contribution is 0.0773. The third-order valence-electron chi connectivity index (χ3n) is 3.10. The third-order valence-corrected chi connectivity index (χ3v) is 3.60. The van der Waals surface area contributed by atoms with Gasteiger partial charge in [0.2, 0.25) is 0 Å². The SMILES string of the molecule is Cc1cccc(OCCN(C)C(=O)c2cccc(Br)c2)c1. The van der Waals surface area contributed by atoms with Gasteiger partial charge in [-0.05, 0) is 42.8 Å². The summed E-state index contributed by atoms with van der Waals surface area (Å²) in [4.78, 5) is 13.9. The van der Waals surface area contributed by atoms with Crippen LogP contribution < -0.4 is 4.74 Å². The van der Waals surface area contributed by atoms with E-state index in [9.17, 15) is 4.79 Å². The maximum Gasteiger partial charge on any atom is 0.253 e. The number of rotatable bonds is 5. The highest BCUT2D eigenvalue weighted by molar-refractivity contribution is 9.10. The smallest absolute Gasteiger partial charge is 0.253 e. The number of aryl methyl sites for hydroxylation is 1. The lowest BCUT2D eigenvalue weighted by atomic mass is 10.2. The predicted octanol–water partition coefficient (Wildman–Crippen LogP) is 3.91. The van der Waals surface area contributed by atoms with Crippen molar-refractivity contribution in [1.82, 2.24) is 4.90 Å². The second-order valence-electron chi connectivity index (χ2n) is 4.90. The van der Waals surface area contributed by atoms with Crippen LogP contribution in [0.5, 0.6) is 5.75 Å². The van der Waals surface area contributed by atoms with Gasteiger partial charge >= 0.3 is 0 Å². The van der Waals surface area contributed by atoms with Crippen LogP contribution in [0.15, 0.2) is 53.0 Å². The van der Waals surface area contributed by atoms with E-state index in [1.165, 1.54) is 0 Å². The van der Waals surface area contributed by atoms with Gasteiger partial charge < -0.3 is 9.64 Å². The number of amides is 1. The number of ether oxygens (including phenoxy) is 1. The Labute approximate surface area is 133 Å². The van der Waals surface area contributed by atoms with Gasteiger partial charge in [-0.25, -0.2) is 0 Å². The molecule has 0 aromatic heterocycles. The topological polar surface area (TPSA) is 29.5 Å². The van der Waals surface area contributed by atoms with Crippen LogP contribution >= 0.6 is 15.9 Å². The summed E-state index contributed by atoms with van der Waals surface area (Å²) in [5.41, 5.74) is 1.83. The van der Waals surface area contributed by atoms with E-state index in [0.29, 0.717) is 18.7 Å². The minimum Gasteiger partial charge on any atom is -0.492 e. The summed E-state index contributed by atoms with van der Waals surface area (Å²) in [6.07, 6.45) is 0. The van der Waals surface area contributed by atoms with Crippen molar-refractivity contribution in [2.45, 2.75) is 6.92 Å². The van der Waals surface area contributed by atoms with E-state index in [0.717, 1.165) is 15.8 Å². The fourth-order valence-corrected chi connectivity index (χ4v) is 2.35. The first-order valence-electron chi connectivity index (χ1n) is 6.77. The molecule has 0 aliphatic carbocycles. The number of halogens is 1. The van der Waals surface area contributed by atoms with Crippen LogP contribution in [0.2, 0.25) is 0 Å². The summed E-state index contributed by atoms with van der Waals surface area (Å²) in [6, 6.07) is 15.3. The second-order valence-corrected chi connectivity index (χ2v) is 5.82. The summed E-state index contributed by atoms with van der Waals surface area (Å²) in [5.74, 6) is 0.822.